The predicted octanol–water partition coefficient (Wildman–Crippen LogP) is 5.36. The van der Waals surface area contributed by atoms with Crippen molar-refractivity contribution < 1.29 is 18.0 Å². The summed E-state index contributed by atoms with van der Waals surface area (Å²) in [5.74, 6) is -0.440. The van der Waals surface area contributed by atoms with Crippen LogP contribution in [0, 0.1) is 6.92 Å². The zero-order chi connectivity index (χ0) is 29.1. The van der Waals surface area contributed by atoms with Crippen LogP contribution in [-0.4, -0.2) is 50.5 Å². The van der Waals surface area contributed by atoms with Crippen LogP contribution in [0.1, 0.15) is 42.9 Å². The number of hydrogen-bond donors (Lipinski definition) is 1. The van der Waals surface area contributed by atoms with Crippen molar-refractivity contribution in [3.05, 3.63) is 101 Å². The highest BCUT2D eigenvalue weighted by Gasteiger charge is 2.30. The van der Waals surface area contributed by atoms with Gasteiger partial charge in [0.25, 0.3) is 0 Å². The number of hydrogen-bond acceptors (Lipinski definition) is 4. The van der Waals surface area contributed by atoms with Crippen molar-refractivity contribution >= 4 is 39.1 Å². The number of carbonyl (C=O) groups excluding carboxylic acids is 2. The minimum atomic E-state index is -3.55. The van der Waals surface area contributed by atoms with Crippen LogP contribution >= 0.6 is 11.6 Å². The van der Waals surface area contributed by atoms with Gasteiger partial charge in [-0.25, -0.2) is 8.42 Å². The number of amides is 2. The molecule has 0 fully saturated rings. The molecule has 2 amide bonds. The molecule has 3 aromatic carbocycles. The summed E-state index contributed by atoms with van der Waals surface area (Å²) in [6, 6.07) is 23.3. The predicted molar refractivity (Wildman–Crippen MR) is 162 cm³/mol. The highest BCUT2D eigenvalue weighted by molar-refractivity contribution is 7.92. The molecule has 9 heteroatoms. The van der Waals surface area contributed by atoms with Crippen LogP contribution in [0.2, 0.25) is 5.02 Å². The van der Waals surface area contributed by atoms with E-state index in [1.54, 1.807) is 29.2 Å². The van der Waals surface area contributed by atoms with Crippen molar-refractivity contribution in [2.45, 2.75) is 52.1 Å². The van der Waals surface area contributed by atoms with E-state index in [9.17, 15) is 18.0 Å². The van der Waals surface area contributed by atoms with E-state index in [0.717, 1.165) is 29.4 Å². The second kappa shape index (κ2) is 14.9. The van der Waals surface area contributed by atoms with E-state index in [0.29, 0.717) is 30.1 Å². The summed E-state index contributed by atoms with van der Waals surface area (Å²) < 4.78 is 26.4. The topological polar surface area (TPSA) is 86.8 Å². The second-order valence-electron chi connectivity index (χ2n) is 9.92. The Morgan fingerprint density at radius 3 is 2.17 bits per heavy atom. The molecule has 0 saturated heterocycles. The highest BCUT2D eigenvalue weighted by Crippen LogP contribution is 2.21. The van der Waals surface area contributed by atoms with Gasteiger partial charge < -0.3 is 10.2 Å². The van der Waals surface area contributed by atoms with Gasteiger partial charge in [-0.05, 0) is 55.2 Å². The summed E-state index contributed by atoms with van der Waals surface area (Å²) >= 11 is 6.08. The van der Waals surface area contributed by atoms with Gasteiger partial charge in [-0.15, -0.1) is 0 Å². The van der Waals surface area contributed by atoms with Crippen LogP contribution in [-0.2, 0) is 32.6 Å². The fourth-order valence-corrected chi connectivity index (χ4v) is 5.51. The molecule has 0 aliphatic carbocycles. The van der Waals surface area contributed by atoms with Crippen molar-refractivity contribution in [1.82, 2.24) is 10.2 Å². The quantitative estimate of drug-likeness (QED) is 0.277. The first-order valence-corrected chi connectivity index (χ1v) is 15.7. The smallest absolute Gasteiger partial charge is 0.243 e. The lowest BCUT2D eigenvalue weighted by atomic mass is 10.0. The molecule has 0 unspecified atom stereocenters. The van der Waals surface area contributed by atoms with Crippen molar-refractivity contribution in [2.24, 2.45) is 0 Å². The molecule has 0 radical (unpaired) electrons. The molecule has 3 rings (SSSR count). The number of rotatable bonds is 14. The maximum absolute atomic E-state index is 13.8. The minimum absolute atomic E-state index is 0.0812. The fraction of sp³-hybridized carbons (Fsp3) is 0.355. The molecule has 0 aliphatic heterocycles. The number of aryl methyl sites for hydroxylation is 1. The molecular weight excluding hydrogens is 546 g/mol. The first-order chi connectivity index (χ1) is 19.1. The molecule has 0 aliphatic rings. The molecule has 0 bridgehead atoms. The summed E-state index contributed by atoms with van der Waals surface area (Å²) in [7, 11) is -3.55. The lowest BCUT2D eigenvalue weighted by Gasteiger charge is -2.32. The van der Waals surface area contributed by atoms with Crippen LogP contribution in [0.15, 0.2) is 78.9 Å². The zero-order valence-corrected chi connectivity index (χ0v) is 24.9. The van der Waals surface area contributed by atoms with Gasteiger partial charge in [-0.3, -0.25) is 13.9 Å². The van der Waals surface area contributed by atoms with Gasteiger partial charge in [0.1, 0.15) is 6.04 Å². The van der Waals surface area contributed by atoms with E-state index in [4.69, 9.17) is 11.6 Å². The Bertz CT molecular complexity index is 1350. The normalized spacial score (nSPS) is 12.0. The zero-order valence-electron chi connectivity index (χ0n) is 23.3. The Balaban J connectivity index is 1.85. The van der Waals surface area contributed by atoms with Gasteiger partial charge in [-0.2, -0.15) is 0 Å². The fourth-order valence-electron chi connectivity index (χ4n) is 4.42. The molecule has 3 aromatic rings. The molecule has 214 valence electrons. The summed E-state index contributed by atoms with van der Waals surface area (Å²) in [6.07, 6.45) is 2.67. The van der Waals surface area contributed by atoms with Gasteiger partial charge in [0.2, 0.25) is 21.8 Å². The number of nitrogens with one attached hydrogen (secondary N) is 1. The van der Waals surface area contributed by atoms with Crippen LogP contribution in [0.25, 0.3) is 0 Å². The second-order valence-corrected chi connectivity index (χ2v) is 12.3. The lowest BCUT2D eigenvalue weighted by Crippen LogP contribution is -2.50. The average molecular weight is 584 g/mol. The first-order valence-electron chi connectivity index (χ1n) is 13.5. The average Bonchev–Trinajstić information content (AvgIpc) is 2.93. The number of carbonyl (C=O) groups is 2. The molecular formula is C31H38ClN3O4S. The standard InChI is InChI=1S/C31H38ClN3O4S/c1-4-20-33-31(37)29(22-25-9-6-5-7-10-25)34(23-26-14-16-27(32)17-15-26)30(36)11-8-21-35(40(3,38)39)28-18-12-24(2)13-19-28/h5-7,9-10,12-19,29H,4,8,11,20-23H2,1-3H3,(H,33,37)/t29-/m1/s1. The number of benzene rings is 3. The van der Waals surface area contributed by atoms with Crippen LogP contribution in [0.4, 0.5) is 5.69 Å². The molecule has 40 heavy (non-hydrogen) atoms. The number of halogens is 1. The van der Waals surface area contributed by atoms with Crippen molar-refractivity contribution in [3.63, 3.8) is 0 Å². The molecule has 7 nitrogen and oxygen atoms in total. The van der Waals surface area contributed by atoms with Gasteiger partial charge in [-0.1, -0.05) is 78.7 Å². The van der Waals surface area contributed by atoms with Gasteiger partial charge in [0, 0.05) is 37.5 Å². The molecule has 1 atom stereocenters. The molecule has 0 aromatic heterocycles. The van der Waals surface area contributed by atoms with Gasteiger partial charge in [0.15, 0.2) is 0 Å². The first kappa shape index (κ1) is 31.2. The third-order valence-corrected chi connectivity index (χ3v) is 8.01. The highest BCUT2D eigenvalue weighted by atomic mass is 35.5. The Morgan fingerprint density at radius 1 is 0.925 bits per heavy atom. The molecule has 0 spiro atoms. The number of anilines is 1. The van der Waals surface area contributed by atoms with Crippen LogP contribution in [0.5, 0.6) is 0 Å². The monoisotopic (exact) mass is 583 g/mol. The summed E-state index contributed by atoms with van der Waals surface area (Å²) in [5, 5.41) is 3.55. The van der Waals surface area contributed by atoms with Crippen molar-refractivity contribution in [1.29, 1.82) is 0 Å². The Morgan fingerprint density at radius 2 is 1.57 bits per heavy atom. The largest absolute Gasteiger partial charge is 0.354 e. The van der Waals surface area contributed by atoms with Crippen molar-refractivity contribution in [2.75, 3.05) is 23.7 Å². The van der Waals surface area contributed by atoms with E-state index >= 15 is 0 Å². The van der Waals surface area contributed by atoms with Gasteiger partial charge >= 0.3 is 0 Å². The summed E-state index contributed by atoms with van der Waals surface area (Å²) in [4.78, 5) is 28.8. The maximum Gasteiger partial charge on any atom is 0.243 e. The molecule has 0 saturated carbocycles. The SMILES string of the molecule is CCCNC(=O)[C@@H](Cc1ccccc1)N(Cc1ccc(Cl)cc1)C(=O)CCCN(c1ccc(C)cc1)S(C)(=O)=O. The molecule has 0 heterocycles. The van der Waals surface area contributed by atoms with Crippen LogP contribution in [0.3, 0.4) is 0 Å². The van der Waals surface area contributed by atoms with Crippen LogP contribution < -0.4 is 9.62 Å². The Kier molecular flexibility index (Phi) is 11.6. The number of nitrogens with zero attached hydrogens (tertiary/aromatic N) is 2. The third-order valence-electron chi connectivity index (χ3n) is 6.56. The molecule has 1 N–H and O–H groups in total. The van der Waals surface area contributed by atoms with E-state index in [1.165, 1.54) is 4.31 Å². The Labute approximate surface area is 243 Å². The van der Waals surface area contributed by atoms with E-state index in [1.807, 2.05) is 68.4 Å². The summed E-state index contributed by atoms with van der Waals surface area (Å²) in [6.45, 7) is 4.79. The van der Waals surface area contributed by atoms with E-state index in [-0.39, 0.29) is 31.3 Å². The maximum atomic E-state index is 13.8. The number of sulfonamides is 1. The van der Waals surface area contributed by atoms with E-state index < -0.39 is 16.1 Å². The Hall–Kier alpha value is -3.36. The summed E-state index contributed by atoms with van der Waals surface area (Å²) in [5.41, 5.74) is 3.36. The van der Waals surface area contributed by atoms with Gasteiger partial charge in [0.05, 0.1) is 11.9 Å². The van der Waals surface area contributed by atoms with Crippen molar-refractivity contribution in [3.8, 4) is 0 Å². The van der Waals surface area contributed by atoms with E-state index in [2.05, 4.69) is 5.32 Å². The minimum Gasteiger partial charge on any atom is -0.354 e. The lowest BCUT2D eigenvalue weighted by molar-refractivity contribution is -0.141. The third kappa shape index (κ3) is 9.38.